The van der Waals surface area contributed by atoms with Crippen molar-refractivity contribution in [3.8, 4) is 5.75 Å². The van der Waals surface area contributed by atoms with Gasteiger partial charge >= 0.3 is 12.6 Å². The molecule has 0 radical (unpaired) electrons. The highest BCUT2D eigenvalue weighted by Crippen LogP contribution is 2.49. The first-order valence-corrected chi connectivity index (χ1v) is 11.1. The fourth-order valence-electron chi connectivity index (χ4n) is 5.18. The van der Waals surface area contributed by atoms with E-state index >= 15 is 0 Å². The number of nitrogens with zero attached hydrogens (tertiary/aromatic N) is 2. The van der Waals surface area contributed by atoms with Crippen molar-refractivity contribution in [1.82, 2.24) is 9.88 Å². The lowest BCUT2D eigenvalue weighted by molar-refractivity contribution is -0.0498. The number of halogens is 3. The van der Waals surface area contributed by atoms with E-state index in [2.05, 4.69) is 15.0 Å². The van der Waals surface area contributed by atoms with Crippen molar-refractivity contribution in [2.24, 2.45) is 5.41 Å². The summed E-state index contributed by atoms with van der Waals surface area (Å²) in [4.78, 5) is 18.7. The molecule has 2 aliphatic rings. The summed E-state index contributed by atoms with van der Waals surface area (Å²) in [6.07, 6.45) is 5.81. The first kappa shape index (κ1) is 21.6. The Bertz CT molecular complexity index is 1150. The Labute approximate surface area is 189 Å². The van der Waals surface area contributed by atoms with Gasteiger partial charge in [-0.2, -0.15) is 8.78 Å². The van der Waals surface area contributed by atoms with Crippen LogP contribution in [-0.4, -0.2) is 35.6 Å². The number of benzene rings is 2. The summed E-state index contributed by atoms with van der Waals surface area (Å²) in [5.74, 6) is 0.160. The first-order chi connectivity index (χ1) is 15.9. The zero-order valence-electron chi connectivity index (χ0n) is 17.9. The van der Waals surface area contributed by atoms with E-state index in [0.29, 0.717) is 24.7 Å². The standard InChI is InChI=1S/C25H24F3N3O2/c26-17-1-6-22-21(13-17)20(9-12-29-22)16-7-10-25(11-8-16)14-31(15-25)24(32)30-18-2-4-19(5-3-18)33-23(27)28/h1-6,9,12-13,16,23H,7-8,10-11,14-15H2,(H,30,32). The third-order valence-electron chi connectivity index (χ3n) is 6.89. The largest absolute Gasteiger partial charge is 0.435 e. The van der Waals surface area contributed by atoms with Crippen LogP contribution in [0.2, 0.25) is 0 Å². The van der Waals surface area contributed by atoms with Crippen LogP contribution in [0.3, 0.4) is 0 Å². The smallest absolute Gasteiger partial charge is 0.387 e. The summed E-state index contributed by atoms with van der Waals surface area (Å²) in [6.45, 7) is -1.48. The number of hydrogen-bond acceptors (Lipinski definition) is 3. The lowest BCUT2D eigenvalue weighted by atomic mass is 9.64. The summed E-state index contributed by atoms with van der Waals surface area (Å²) in [7, 11) is 0. The van der Waals surface area contributed by atoms with Crippen LogP contribution in [0.15, 0.2) is 54.7 Å². The van der Waals surface area contributed by atoms with Crippen LogP contribution in [-0.2, 0) is 0 Å². The van der Waals surface area contributed by atoms with E-state index in [1.165, 1.54) is 30.3 Å². The van der Waals surface area contributed by atoms with Gasteiger partial charge in [0, 0.05) is 35.8 Å². The van der Waals surface area contributed by atoms with Crippen molar-refractivity contribution in [1.29, 1.82) is 0 Å². The minimum atomic E-state index is -2.88. The van der Waals surface area contributed by atoms with Crippen LogP contribution in [0.4, 0.5) is 23.7 Å². The number of alkyl halides is 2. The van der Waals surface area contributed by atoms with Crippen LogP contribution in [0.1, 0.15) is 37.2 Å². The van der Waals surface area contributed by atoms with E-state index < -0.39 is 6.61 Å². The Hall–Kier alpha value is -3.29. The van der Waals surface area contributed by atoms with E-state index in [4.69, 9.17) is 0 Å². The number of aromatic nitrogens is 1. The van der Waals surface area contributed by atoms with Gasteiger partial charge in [0.15, 0.2) is 0 Å². The molecule has 5 nitrogen and oxygen atoms in total. The number of pyridine rings is 1. The monoisotopic (exact) mass is 455 g/mol. The number of likely N-dealkylation sites (tertiary alicyclic amines) is 1. The zero-order valence-corrected chi connectivity index (χ0v) is 17.9. The molecule has 2 aromatic carbocycles. The Kier molecular flexibility index (Phi) is 5.60. The third kappa shape index (κ3) is 4.47. The predicted octanol–water partition coefficient (Wildman–Crippen LogP) is 6.17. The minimum Gasteiger partial charge on any atom is -0.435 e. The molecular weight excluding hydrogens is 431 g/mol. The number of urea groups is 1. The molecule has 1 spiro atoms. The highest BCUT2D eigenvalue weighted by Gasteiger charge is 2.47. The zero-order chi connectivity index (χ0) is 23.0. The summed E-state index contributed by atoms with van der Waals surface area (Å²) >= 11 is 0. The molecule has 2 heterocycles. The van der Waals surface area contributed by atoms with E-state index in [9.17, 15) is 18.0 Å². The lowest BCUT2D eigenvalue weighted by Gasteiger charge is -2.53. The van der Waals surface area contributed by atoms with Gasteiger partial charge in [0.2, 0.25) is 0 Å². The minimum absolute atomic E-state index is 0.0485. The maximum absolute atomic E-state index is 13.8. The number of ether oxygens (including phenoxy) is 1. The second-order valence-corrected chi connectivity index (χ2v) is 9.03. The average Bonchev–Trinajstić information content (AvgIpc) is 2.78. The number of rotatable bonds is 4. The van der Waals surface area contributed by atoms with Crippen LogP contribution in [0.5, 0.6) is 5.75 Å². The maximum Gasteiger partial charge on any atom is 0.387 e. The van der Waals surface area contributed by atoms with Gasteiger partial charge in [0.05, 0.1) is 5.52 Å². The quantitative estimate of drug-likeness (QED) is 0.512. The van der Waals surface area contributed by atoms with Gasteiger partial charge in [-0.05, 0) is 85.7 Å². The van der Waals surface area contributed by atoms with Crippen LogP contribution < -0.4 is 10.1 Å². The van der Waals surface area contributed by atoms with Crippen molar-refractivity contribution >= 4 is 22.6 Å². The van der Waals surface area contributed by atoms with E-state index in [1.54, 1.807) is 23.2 Å². The Morgan fingerprint density at radius 3 is 2.52 bits per heavy atom. The molecule has 3 aromatic rings. The van der Waals surface area contributed by atoms with Gasteiger partial charge in [-0.1, -0.05) is 0 Å². The average molecular weight is 455 g/mol. The number of anilines is 1. The van der Waals surface area contributed by atoms with Gasteiger partial charge in [-0.3, -0.25) is 4.98 Å². The Morgan fingerprint density at radius 1 is 1.09 bits per heavy atom. The van der Waals surface area contributed by atoms with Crippen molar-refractivity contribution in [2.75, 3.05) is 18.4 Å². The highest BCUT2D eigenvalue weighted by molar-refractivity contribution is 5.90. The lowest BCUT2D eigenvalue weighted by Crippen LogP contribution is -2.60. The molecule has 1 aliphatic heterocycles. The number of amides is 2. The molecule has 2 amide bonds. The van der Waals surface area contributed by atoms with Crippen molar-refractivity contribution in [3.63, 3.8) is 0 Å². The fourth-order valence-corrected chi connectivity index (χ4v) is 5.18. The molecule has 0 unspecified atom stereocenters. The van der Waals surface area contributed by atoms with E-state index in [0.717, 1.165) is 42.1 Å². The molecule has 1 aromatic heterocycles. The van der Waals surface area contributed by atoms with Crippen molar-refractivity contribution in [2.45, 2.75) is 38.2 Å². The fraction of sp³-hybridized carbons (Fsp3) is 0.360. The third-order valence-corrected chi connectivity index (χ3v) is 6.89. The number of carbonyl (C=O) groups is 1. The molecule has 1 aliphatic carbocycles. The maximum atomic E-state index is 13.8. The van der Waals surface area contributed by atoms with Gasteiger partial charge in [0.1, 0.15) is 11.6 Å². The molecule has 1 saturated heterocycles. The number of hydrogen-bond donors (Lipinski definition) is 1. The Balaban J connectivity index is 1.16. The summed E-state index contributed by atoms with van der Waals surface area (Å²) in [5, 5.41) is 3.69. The number of carbonyl (C=O) groups excluding carboxylic acids is 1. The molecule has 1 saturated carbocycles. The summed E-state index contributed by atoms with van der Waals surface area (Å²) in [5.41, 5.74) is 2.64. The summed E-state index contributed by atoms with van der Waals surface area (Å²) < 4.78 is 42.6. The van der Waals surface area contributed by atoms with Crippen LogP contribution in [0, 0.1) is 11.2 Å². The molecule has 0 bridgehead atoms. The molecule has 172 valence electrons. The van der Waals surface area contributed by atoms with Crippen LogP contribution in [0.25, 0.3) is 10.9 Å². The number of nitrogens with one attached hydrogen (secondary N) is 1. The summed E-state index contributed by atoms with van der Waals surface area (Å²) in [6, 6.07) is 12.4. The van der Waals surface area contributed by atoms with Crippen LogP contribution >= 0.6 is 0 Å². The molecule has 33 heavy (non-hydrogen) atoms. The molecule has 5 rings (SSSR count). The van der Waals surface area contributed by atoms with Crippen molar-refractivity contribution < 1.29 is 22.7 Å². The second kappa shape index (κ2) is 8.57. The molecular formula is C25H24F3N3O2. The van der Waals surface area contributed by atoms with Gasteiger partial charge in [0.25, 0.3) is 0 Å². The molecule has 8 heteroatoms. The van der Waals surface area contributed by atoms with E-state index in [1.807, 2.05) is 6.07 Å². The molecule has 2 fully saturated rings. The van der Waals surface area contributed by atoms with Gasteiger partial charge in [-0.25, -0.2) is 9.18 Å². The predicted molar refractivity (Wildman–Crippen MR) is 119 cm³/mol. The molecule has 0 atom stereocenters. The second-order valence-electron chi connectivity index (χ2n) is 9.03. The normalized spacial score (nSPS) is 17.9. The molecule has 1 N–H and O–H groups in total. The number of fused-ring (bicyclic) bond motifs is 1. The topological polar surface area (TPSA) is 54.5 Å². The Morgan fingerprint density at radius 2 is 1.82 bits per heavy atom. The SMILES string of the molecule is O=C(Nc1ccc(OC(F)F)cc1)N1CC2(CCC(c3ccnc4ccc(F)cc34)CC2)C1. The van der Waals surface area contributed by atoms with E-state index in [-0.39, 0.29) is 23.0 Å². The van der Waals surface area contributed by atoms with Gasteiger partial charge < -0.3 is 15.0 Å². The first-order valence-electron chi connectivity index (χ1n) is 11.1. The van der Waals surface area contributed by atoms with Crippen molar-refractivity contribution in [3.05, 3.63) is 66.1 Å². The van der Waals surface area contributed by atoms with Gasteiger partial charge in [-0.15, -0.1) is 0 Å². The highest BCUT2D eigenvalue weighted by atomic mass is 19.3.